The second-order valence-corrected chi connectivity index (χ2v) is 5.24. The Morgan fingerprint density at radius 2 is 2.05 bits per heavy atom. The largest absolute Gasteiger partial charge is 0.493 e. The highest BCUT2D eigenvalue weighted by Gasteiger charge is 2.22. The maximum absolute atomic E-state index is 5.49. The van der Waals surface area contributed by atoms with Crippen molar-refractivity contribution in [3.63, 3.8) is 0 Å². The molecule has 4 nitrogen and oxygen atoms in total. The Kier molecular flexibility index (Phi) is 6.92. The molecule has 1 rings (SSSR count). The second-order valence-electron chi connectivity index (χ2n) is 5.24. The Morgan fingerprint density at radius 3 is 2.58 bits per heavy atom. The molecule has 19 heavy (non-hydrogen) atoms. The fraction of sp³-hybridized carbons (Fsp3) is 0.800. The highest BCUT2D eigenvalue weighted by molar-refractivity contribution is 5.28. The van der Waals surface area contributed by atoms with Crippen molar-refractivity contribution in [1.29, 1.82) is 0 Å². The van der Waals surface area contributed by atoms with Gasteiger partial charge in [-0.05, 0) is 26.8 Å². The zero-order chi connectivity index (χ0) is 14.3. The van der Waals surface area contributed by atoms with Gasteiger partial charge in [-0.2, -0.15) is 5.10 Å². The molecule has 1 aromatic rings. The molecule has 1 aromatic heterocycles. The average molecular weight is 267 g/mol. The molecule has 0 spiro atoms. The molecule has 1 atom stereocenters. The molecule has 0 saturated heterocycles. The number of nitrogens with zero attached hydrogens (tertiary/aromatic N) is 2. The third-order valence-corrected chi connectivity index (χ3v) is 3.38. The van der Waals surface area contributed by atoms with Crippen molar-refractivity contribution in [2.75, 3.05) is 13.7 Å². The summed E-state index contributed by atoms with van der Waals surface area (Å²) < 4.78 is 7.57. The van der Waals surface area contributed by atoms with Crippen molar-refractivity contribution in [1.82, 2.24) is 15.1 Å². The predicted octanol–water partition coefficient (Wildman–Crippen LogP) is 3.70. The van der Waals surface area contributed by atoms with Crippen LogP contribution in [-0.4, -0.2) is 23.4 Å². The molecule has 110 valence electrons. The first-order chi connectivity index (χ1) is 9.15. The minimum absolute atomic E-state index is 0.330. The molecular formula is C15H29N3O. The summed E-state index contributed by atoms with van der Waals surface area (Å²) in [6.45, 7) is 9.66. The molecule has 0 aliphatic rings. The molecule has 1 heterocycles. The third kappa shape index (κ3) is 4.23. The van der Waals surface area contributed by atoms with Gasteiger partial charge in [0.15, 0.2) is 5.75 Å². The van der Waals surface area contributed by atoms with Crippen molar-refractivity contribution in [2.45, 2.75) is 65.5 Å². The Balaban J connectivity index is 2.94. The van der Waals surface area contributed by atoms with Crippen molar-refractivity contribution in [3.05, 3.63) is 11.9 Å². The SMILES string of the molecule is CCCCCC(NCC)c1c(OC)cnn1C(C)C. The van der Waals surface area contributed by atoms with Gasteiger partial charge in [0.05, 0.1) is 25.0 Å². The van der Waals surface area contributed by atoms with Crippen LogP contribution in [0.4, 0.5) is 0 Å². The quantitative estimate of drug-likeness (QED) is 0.693. The van der Waals surface area contributed by atoms with Crippen LogP contribution in [0.15, 0.2) is 6.20 Å². The monoisotopic (exact) mass is 267 g/mol. The van der Waals surface area contributed by atoms with Crippen LogP contribution in [0.2, 0.25) is 0 Å². The summed E-state index contributed by atoms with van der Waals surface area (Å²) in [5.74, 6) is 0.899. The van der Waals surface area contributed by atoms with Crippen LogP contribution < -0.4 is 10.1 Å². The standard InChI is InChI=1S/C15H29N3O/c1-6-8-9-10-13(16-7-2)15-14(19-5)11-17-18(15)12(3)4/h11-13,16H,6-10H2,1-5H3. The van der Waals surface area contributed by atoms with Crippen molar-refractivity contribution < 1.29 is 4.74 Å². The van der Waals surface area contributed by atoms with Gasteiger partial charge in [0, 0.05) is 6.04 Å². The van der Waals surface area contributed by atoms with Crippen molar-refractivity contribution >= 4 is 0 Å². The van der Waals surface area contributed by atoms with E-state index in [-0.39, 0.29) is 0 Å². The van der Waals surface area contributed by atoms with E-state index in [4.69, 9.17) is 4.74 Å². The van der Waals surface area contributed by atoms with Gasteiger partial charge in [0.2, 0.25) is 0 Å². The molecule has 4 heteroatoms. The van der Waals surface area contributed by atoms with Crippen LogP contribution in [0.3, 0.4) is 0 Å². The van der Waals surface area contributed by atoms with Gasteiger partial charge < -0.3 is 10.1 Å². The Hall–Kier alpha value is -1.03. The number of nitrogens with one attached hydrogen (secondary N) is 1. The van der Waals surface area contributed by atoms with Gasteiger partial charge in [-0.25, -0.2) is 0 Å². The van der Waals surface area contributed by atoms with E-state index >= 15 is 0 Å². The first-order valence-corrected chi connectivity index (χ1v) is 7.50. The maximum Gasteiger partial charge on any atom is 0.161 e. The predicted molar refractivity (Wildman–Crippen MR) is 79.7 cm³/mol. The van der Waals surface area contributed by atoms with Crippen LogP contribution in [-0.2, 0) is 0 Å². The molecule has 0 radical (unpaired) electrons. The zero-order valence-corrected chi connectivity index (χ0v) is 13.1. The first-order valence-electron chi connectivity index (χ1n) is 7.50. The first kappa shape index (κ1) is 16.0. The van der Waals surface area contributed by atoms with E-state index < -0.39 is 0 Å². The minimum Gasteiger partial charge on any atom is -0.493 e. The Bertz CT molecular complexity index is 360. The van der Waals surface area contributed by atoms with E-state index in [0.29, 0.717) is 12.1 Å². The summed E-state index contributed by atoms with van der Waals surface area (Å²) in [6.07, 6.45) is 6.73. The number of hydrogen-bond acceptors (Lipinski definition) is 3. The van der Waals surface area contributed by atoms with Crippen LogP contribution in [0.25, 0.3) is 0 Å². The average Bonchev–Trinajstić information content (AvgIpc) is 2.81. The van der Waals surface area contributed by atoms with Crippen LogP contribution in [0, 0.1) is 0 Å². The van der Waals surface area contributed by atoms with Crippen LogP contribution in [0.1, 0.15) is 71.2 Å². The van der Waals surface area contributed by atoms with Gasteiger partial charge in [-0.15, -0.1) is 0 Å². The summed E-state index contributed by atoms with van der Waals surface area (Å²) in [7, 11) is 1.72. The van der Waals surface area contributed by atoms with E-state index in [1.54, 1.807) is 7.11 Å². The minimum atomic E-state index is 0.330. The van der Waals surface area contributed by atoms with E-state index in [0.717, 1.165) is 18.7 Å². The fourth-order valence-electron chi connectivity index (χ4n) is 2.44. The maximum atomic E-state index is 5.49. The molecule has 0 bridgehead atoms. The smallest absolute Gasteiger partial charge is 0.161 e. The van der Waals surface area contributed by atoms with Gasteiger partial charge in [0.25, 0.3) is 0 Å². The summed E-state index contributed by atoms with van der Waals surface area (Å²) in [5, 5.41) is 8.04. The summed E-state index contributed by atoms with van der Waals surface area (Å²) >= 11 is 0. The lowest BCUT2D eigenvalue weighted by Gasteiger charge is -2.22. The lowest BCUT2D eigenvalue weighted by atomic mass is 10.0. The molecule has 0 aliphatic heterocycles. The lowest BCUT2D eigenvalue weighted by Crippen LogP contribution is -2.25. The lowest BCUT2D eigenvalue weighted by molar-refractivity contribution is 0.374. The number of hydrogen-bond donors (Lipinski definition) is 1. The summed E-state index contributed by atoms with van der Waals surface area (Å²) in [5.41, 5.74) is 1.19. The fourth-order valence-corrected chi connectivity index (χ4v) is 2.44. The van der Waals surface area contributed by atoms with E-state index in [1.807, 2.05) is 6.20 Å². The van der Waals surface area contributed by atoms with Gasteiger partial charge >= 0.3 is 0 Å². The van der Waals surface area contributed by atoms with Gasteiger partial charge in [-0.3, -0.25) is 4.68 Å². The Labute approximate surface area is 117 Å². The van der Waals surface area contributed by atoms with E-state index in [1.165, 1.54) is 25.0 Å². The molecular weight excluding hydrogens is 238 g/mol. The number of aromatic nitrogens is 2. The van der Waals surface area contributed by atoms with E-state index in [9.17, 15) is 0 Å². The van der Waals surface area contributed by atoms with E-state index in [2.05, 4.69) is 42.8 Å². The molecule has 0 fully saturated rings. The number of unbranched alkanes of at least 4 members (excludes halogenated alkanes) is 2. The topological polar surface area (TPSA) is 39.1 Å². The molecule has 0 aromatic carbocycles. The molecule has 1 unspecified atom stereocenters. The second kappa shape index (κ2) is 8.20. The molecule has 0 amide bonds. The van der Waals surface area contributed by atoms with Crippen molar-refractivity contribution in [3.8, 4) is 5.75 Å². The zero-order valence-electron chi connectivity index (χ0n) is 13.1. The molecule has 0 saturated carbocycles. The summed E-state index contributed by atoms with van der Waals surface area (Å²) in [6, 6.07) is 0.683. The number of ether oxygens (including phenoxy) is 1. The van der Waals surface area contributed by atoms with Gasteiger partial charge in [-0.1, -0.05) is 33.1 Å². The van der Waals surface area contributed by atoms with Crippen molar-refractivity contribution in [2.24, 2.45) is 0 Å². The number of rotatable bonds is 9. The summed E-state index contributed by atoms with van der Waals surface area (Å²) in [4.78, 5) is 0. The number of methoxy groups -OCH3 is 1. The highest BCUT2D eigenvalue weighted by Crippen LogP contribution is 2.30. The van der Waals surface area contributed by atoms with Gasteiger partial charge in [0.1, 0.15) is 0 Å². The third-order valence-electron chi connectivity index (χ3n) is 3.38. The van der Waals surface area contributed by atoms with Crippen LogP contribution >= 0.6 is 0 Å². The molecule has 0 aliphatic carbocycles. The normalized spacial score (nSPS) is 12.9. The Morgan fingerprint density at radius 1 is 1.32 bits per heavy atom. The highest BCUT2D eigenvalue weighted by atomic mass is 16.5. The van der Waals surface area contributed by atoms with Crippen LogP contribution in [0.5, 0.6) is 5.75 Å². The molecule has 1 N–H and O–H groups in total.